The van der Waals surface area contributed by atoms with Crippen molar-refractivity contribution in [2.45, 2.75) is 4.90 Å². The van der Waals surface area contributed by atoms with Gasteiger partial charge in [0.05, 0.1) is 20.7 Å². The molecule has 7 heteroatoms. The Morgan fingerprint density at radius 3 is 2.29 bits per heavy atom. The Balaban J connectivity index is 2.01. The third kappa shape index (κ3) is 4.27. The number of benzene rings is 2. The predicted octanol–water partition coefficient (Wildman–Crippen LogP) is 3.43. The van der Waals surface area contributed by atoms with E-state index in [1.807, 2.05) is 0 Å². The summed E-state index contributed by atoms with van der Waals surface area (Å²) in [6.07, 6.45) is 0. The van der Waals surface area contributed by atoms with Crippen molar-refractivity contribution in [1.29, 1.82) is 0 Å². The molecule has 0 saturated heterocycles. The van der Waals surface area contributed by atoms with E-state index < -0.39 is 9.84 Å². The molecule has 4 nitrogen and oxygen atoms in total. The minimum absolute atomic E-state index is 0.0342. The maximum Gasteiger partial charge on any atom is 0.181 e. The highest BCUT2D eigenvalue weighted by Gasteiger charge is 2.16. The Bertz CT molecular complexity index is 730. The molecule has 0 atom stereocenters. The Morgan fingerprint density at radius 1 is 1.00 bits per heavy atom. The van der Waals surface area contributed by atoms with Crippen LogP contribution in [0.25, 0.3) is 0 Å². The van der Waals surface area contributed by atoms with E-state index in [1.165, 1.54) is 18.2 Å². The number of rotatable bonds is 5. The number of hydrogen-bond donors (Lipinski definition) is 1. The molecule has 0 spiro atoms. The number of nitrogen functional groups attached to an aromatic ring is 1. The van der Waals surface area contributed by atoms with Crippen LogP contribution in [-0.4, -0.2) is 20.8 Å². The SMILES string of the molecule is Nc1ccc(OCCS(=O)(=O)c2ccc(Cl)c(Cl)c2)cc1. The van der Waals surface area contributed by atoms with Gasteiger partial charge in [0.15, 0.2) is 9.84 Å². The van der Waals surface area contributed by atoms with Gasteiger partial charge in [0.2, 0.25) is 0 Å². The van der Waals surface area contributed by atoms with Crippen molar-refractivity contribution in [3.05, 3.63) is 52.5 Å². The molecule has 0 unspecified atom stereocenters. The number of nitrogens with two attached hydrogens (primary N) is 1. The van der Waals surface area contributed by atoms with E-state index in [4.69, 9.17) is 33.7 Å². The quantitative estimate of drug-likeness (QED) is 0.842. The van der Waals surface area contributed by atoms with Crippen LogP contribution < -0.4 is 10.5 Å². The van der Waals surface area contributed by atoms with Gasteiger partial charge >= 0.3 is 0 Å². The van der Waals surface area contributed by atoms with E-state index in [-0.39, 0.29) is 22.3 Å². The topological polar surface area (TPSA) is 69.4 Å². The molecule has 2 aromatic carbocycles. The van der Waals surface area contributed by atoms with Crippen LogP contribution in [0.15, 0.2) is 47.4 Å². The van der Waals surface area contributed by atoms with Gasteiger partial charge in [0, 0.05) is 5.69 Å². The number of anilines is 1. The monoisotopic (exact) mass is 345 g/mol. The van der Waals surface area contributed by atoms with Crippen molar-refractivity contribution in [2.24, 2.45) is 0 Å². The lowest BCUT2D eigenvalue weighted by Gasteiger charge is -2.08. The van der Waals surface area contributed by atoms with Crippen LogP contribution in [0.1, 0.15) is 0 Å². The molecule has 2 N–H and O–H groups in total. The molecule has 0 amide bonds. The van der Waals surface area contributed by atoms with E-state index in [0.717, 1.165) is 0 Å². The summed E-state index contributed by atoms with van der Waals surface area (Å²) in [6, 6.07) is 10.9. The van der Waals surface area contributed by atoms with Gasteiger partial charge < -0.3 is 10.5 Å². The average Bonchev–Trinajstić information content (AvgIpc) is 2.44. The third-order valence-corrected chi connectivity index (χ3v) is 5.17. The molecule has 0 fully saturated rings. The number of hydrogen-bond acceptors (Lipinski definition) is 4. The third-order valence-electron chi connectivity index (χ3n) is 2.75. The first-order valence-corrected chi connectivity index (χ1v) is 8.45. The maximum absolute atomic E-state index is 12.1. The smallest absolute Gasteiger partial charge is 0.181 e. The molecule has 0 bridgehead atoms. The Hall–Kier alpha value is -1.43. The lowest BCUT2D eigenvalue weighted by atomic mass is 10.3. The maximum atomic E-state index is 12.1. The molecule has 21 heavy (non-hydrogen) atoms. The number of ether oxygens (including phenoxy) is 1. The van der Waals surface area contributed by atoms with Crippen LogP contribution in [0.5, 0.6) is 5.75 Å². The van der Waals surface area contributed by atoms with Gasteiger partial charge in [-0.15, -0.1) is 0 Å². The van der Waals surface area contributed by atoms with Gasteiger partial charge in [-0.25, -0.2) is 8.42 Å². The average molecular weight is 346 g/mol. The Labute approximate surface area is 133 Å². The number of halogens is 2. The van der Waals surface area contributed by atoms with Gasteiger partial charge in [0.1, 0.15) is 12.4 Å². The zero-order valence-electron chi connectivity index (χ0n) is 10.9. The fraction of sp³-hybridized carbons (Fsp3) is 0.143. The lowest BCUT2D eigenvalue weighted by Crippen LogP contribution is -2.14. The first kappa shape index (κ1) is 15.9. The van der Waals surface area contributed by atoms with E-state index in [0.29, 0.717) is 16.5 Å². The molecule has 2 aromatic rings. The molecule has 0 aromatic heterocycles. The van der Waals surface area contributed by atoms with Gasteiger partial charge in [-0.05, 0) is 42.5 Å². The molecular formula is C14H13Cl2NO3S. The van der Waals surface area contributed by atoms with Gasteiger partial charge in [-0.3, -0.25) is 0 Å². The van der Waals surface area contributed by atoms with Crippen molar-refractivity contribution in [3.8, 4) is 5.75 Å². The molecule has 112 valence electrons. The highest BCUT2D eigenvalue weighted by atomic mass is 35.5. The molecule has 0 saturated carbocycles. The van der Waals surface area contributed by atoms with Crippen molar-refractivity contribution >= 4 is 38.7 Å². The molecular weight excluding hydrogens is 333 g/mol. The zero-order valence-corrected chi connectivity index (χ0v) is 13.3. The summed E-state index contributed by atoms with van der Waals surface area (Å²) in [5.74, 6) is 0.406. The number of sulfone groups is 1. The first-order valence-electron chi connectivity index (χ1n) is 6.04. The molecule has 0 aliphatic rings. The summed E-state index contributed by atoms with van der Waals surface area (Å²) in [5, 5.41) is 0.519. The van der Waals surface area contributed by atoms with Crippen LogP contribution in [0, 0.1) is 0 Å². The fourth-order valence-electron chi connectivity index (χ4n) is 1.62. The van der Waals surface area contributed by atoms with Crippen LogP contribution in [0.2, 0.25) is 10.0 Å². The minimum Gasteiger partial charge on any atom is -0.493 e. The summed E-state index contributed by atoms with van der Waals surface area (Å²) in [7, 11) is -3.47. The van der Waals surface area contributed by atoms with E-state index >= 15 is 0 Å². The largest absolute Gasteiger partial charge is 0.493 e. The van der Waals surface area contributed by atoms with E-state index in [1.54, 1.807) is 24.3 Å². The summed E-state index contributed by atoms with van der Waals surface area (Å²) >= 11 is 11.6. The zero-order chi connectivity index (χ0) is 15.5. The molecule has 2 rings (SSSR count). The highest BCUT2D eigenvalue weighted by Crippen LogP contribution is 2.25. The summed E-state index contributed by atoms with van der Waals surface area (Å²) in [4.78, 5) is 0.123. The summed E-state index contributed by atoms with van der Waals surface area (Å²) in [5.41, 5.74) is 6.17. The lowest BCUT2D eigenvalue weighted by molar-refractivity contribution is 0.341. The first-order chi connectivity index (χ1) is 9.88. The molecule has 0 aliphatic carbocycles. The van der Waals surface area contributed by atoms with Crippen LogP contribution in [0.4, 0.5) is 5.69 Å². The fourth-order valence-corrected chi connectivity index (χ4v) is 3.10. The second-order valence-electron chi connectivity index (χ2n) is 4.31. The normalized spacial score (nSPS) is 11.3. The van der Waals surface area contributed by atoms with E-state index in [9.17, 15) is 8.42 Å². The Morgan fingerprint density at radius 2 is 1.67 bits per heavy atom. The highest BCUT2D eigenvalue weighted by molar-refractivity contribution is 7.91. The second kappa shape index (κ2) is 6.56. The van der Waals surface area contributed by atoms with Gasteiger partial charge in [0.25, 0.3) is 0 Å². The second-order valence-corrected chi connectivity index (χ2v) is 7.24. The van der Waals surface area contributed by atoms with Crippen LogP contribution in [0.3, 0.4) is 0 Å². The minimum atomic E-state index is -3.47. The van der Waals surface area contributed by atoms with Crippen molar-refractivity contribution < 1.29 is 13.2 Å². The standard InChI is InChI=1S/C14H13Cl2NO3S/c15-13-6-5-12(9-14(13)16)21(18,19)8-7-20-11-3-1-10(17)2-4-11/h1-6,9H,7-8,17H2. The van der Waals surface area contributed by atoms with Crippen LogP contribution in [-0.2, 0) is 9.84 Å². The van der Waals surface area contributed by atoms with Gasteiger partial charge in [-0.2, -0.15) is 0 Å². The van der Waals surface area contributed by atoms with E-state index in [2.05, 4.69) is 0 Å². The van der Waals surface area contributed by atoms with Crippen molar-refractivity contribution in [3.63, 3.8) is 0 Å². The predicted molar refractivity (Wildman–Crippen MR) is 84.9 cm³/mol. The molecule has 0 aliphatic heterocycles. The van der Waals surface area contributed by atoms with Crippen LogP contribution >= 0.6 is 23.2 Å². The molecule has 0 radical (unpaired) electrons. The van der Waals surface area contributed by atoms with Gasteiger partial charge in [-0.1, -0.05) is 23.2 Å². The van der Waals surface area contributed by atoms with Crippen molar-refractivity contribution in [2.75, 3.05) is 18.1 Å². The van der Waals surface area contributed by atoms with Crippen molar-refractivity contribution in [1.82, 2.24) is 0 Å². The summed E-state index contributed by atoms with van der Waals surface area (Å²) < 4.78 is 29.7. The Kier molecular flexibility index (Phi) is 4.98. The summed E-state index contributed by atoms with van der Waals surface area (Å²) in [6.45, 7) is 0.0342. The molecule has 0 heterocycles.